The van der Waals surface area contributed by atoms with Gasteiger partial charge in [0.15, 0.2) is 0 Å². The van der Waals surface area contributed by atoms with Crippen LogP contribution in [0.25, 0.3) is 0 Å². The lowest BCUT2D eigenvalue weighted by Gasteiger charge is -2.27. The van der Waals surface area contributed by atoms with Crippen molar-refractivity contribution >= 4 is 23.4 Å². The molecule has 102 valence electrons. The second-order valence-electron chi connectivity index (χ2n) is 5.99. The number of ether oxygens (including phenoxy) is 1. The van der Waals surface area contributed by atoms with Crippen molar-refractivity contribution in [2.24, 2.45) is 16.5 Å². The molecule has 0 spiro atoms. The molecule has 0 radical (unpaired) electrons. The fourth-order valence-corrected chi connectivity index (χ4v) is 3.04. The molecule has 1 saturated carbocycles. The summed E-state index contributed by atoms with van der Waals surface area (Å²) in [7, 11) is 0. The molecule has 5 heteroatoms. The summed E-state index contributed by atoms with van der Waals surface area (Å²) in [5, 5.41) is 4.20. The van der Waals surface area contributed by atoms with Gasteiger partial charge in [-0.1, -0.05) is 25.9 Å². The zero-order valence-electron chi connectivity index (χ0n) is 11.5. The number of hydrogen-bond donors (Lipinski definition) is 0. The average Bonchev–Trinajstić information content (AvgIpc) is 2.82. The molecule has 0 amide bonds. The van der Waals surface area contributed by atoms with Crippen LogP contribution in [0.15, 0.2) is 5.16 Å². The highest BCUT2D eigenvalue weighted by Crippen LogP contribution is 2.48. The summed E-state index contributed by atoms with van der Waals surface area (Å²) in [5.41, 5.74) is 0.107. The van der Waals surface area contributed by atoms with Crippen LogP contribution in [0, 0.1) is 11.3 Å². The molecule has 0 aromatic carbocycles. The molecule has 1 heterocycles. The molecule has 18 heavy (non-hydrogen) atoms. The molecule has 2 rings (SSSR count). The summed E-state index contributed by atoms with van der Waals surface area (Å²) in [6, 6.07) is 0. The first-order chi connectivity index (χ1) is 8.42. The van der Waals surface area contributed by atoms with Crippen LogP contribution in [0.2, 0.25) is 0 Å². The van der Waals surface area contributed by atoms with E-state index in [2.05, 4.69) is 25.9 Å². The van der Waals surface area contributed by atoms with E-state index in [1.165, 1.54) is 11.8 Å². The van der Waals surface area contributed by atoms with Gasteiger partial charge in [0.25, 0.3) is 0 Å². The Kier molecular flexibility index (Phi) is 3.63. The Morgan fingerprint density at radius 1 is 1.61 bits per heavy atom. The fraction of sp³-hybridized carbons (Fsp3) is 0.846. The van der Waals surface area contributed by atoms with Gasteiger partial charge in [-0.25, -0.2) is 4.79 Å². The maximum absolute atomic E-state index is 12.2. The van der Waals surface area contributed by atoms with Crippen LogP contribution in [-0.2, 0) is 14.4 Å². The maximum Gasteiger partial charge on any atom is 0.354 e. The van der Waals surface area contributed by atoms with Crippen LogP contribution in [0.5, 0.6) is 0 Å². The number of esters is 1. The molecular formula is C13H21NO3S. The third-order valence-corrected chi connectivity index (χ3v) is 4.02. The van der Waals surface area contributed by atoms with Crippen molar-refractivity contribution in [1.82, 2.24) is 0 Å². The van der Waals surface area contributed by atoms with Crippen LogP contribution in [0.3, 0.4) is 0 Å². The minimum atomic E-state index is -0.835. The van der Waals surface area contributed by atoms with Crippen LogP contribution < -0.4 is 0 Å². The topological polar surface area (TPSA) is 47.9 Å². The van der Waals surface area contributed by atoms with E-state index in [4.69, 9.17) is 9.57 Å². The van der Waals surface area contributed by atoms with Gasteiger partial charge in [-0.2, -0.15) is 0 Å². The zero-order valence-corrected chi connectivity index (χ0v) is 12.3. The number of fused-ring (bicyclic) bond motifs is 1. The summed E-state index contributed by atoms with van der Waals surface area (Å²) >= 11 is 1.49. The van der Waals surface area contributed by atoms with Gasteiger partial charge in [0.05, 0.1) is 11.6 Å². The minimum Gasteiger partial charge on any atom is -0.452 e. The molecule has 2 atom stereocenters. The van der Waals surface area contributed by atoms with Crippen molar-refractivity contribution in [3.05, 3.63) is 0 Å². The van der Waals surface area contributed by atoms with E-state index in [1.807, 2.05) is 6.26 Å². The van der Waals surface area contributed by atoms with E-state index in [0.29, 0.717) is 12.4 Å². The number of carbonyl (C=O) groups excluding carboxylic acids is 1. The standard InChI is InChI=1S/C13H21NO3S/c1-12(2,3)10-9-6-5-7-13(9,17-14-10)11(15)16-8-18-4/h9H,5-8H2,1-4H3. The van der Waals surface area contributed by atoms with Gasteiger partial charge in [0.1, 0.15) is 5.94 Å². The van der Waals surface area contributed by atoms with Gasteiger partial charge in [0.2, 0.25) is 5.60 Å². The molecule has 0 bridgehead atoms. The van der Waals surface area contributed by atoms with Crippen LogP contribution in [0.1, 0.15) is 40.0 Å². The Bertz CT molecular complexity index is 375. The van der Waals surface area contributed by atoms with E-state index < -0.39 is 5.60 Å². The molecule has 0 aromatic heterocycles. The van der Waals surface area contributed by atoms with Crippen LogP contribution in [-0.4, -0.2) is 29.5 Å². The first-order valence-electron chi connectivity index (χ1n) is 6.34. The third-order valence-electron chi connectivity index (χ3n) is 3.66. The number of oxime groups is 1. The largest absolute Gasteiger partial charge is 0.452 e. The Morgan fingerprint density at radius 2 is 2.33 bits per heavy atom. The van der Waals surface area contributed by atoms with Crippen molar-refractivity contribution in [1.29, 1.82) is 0 Å². The Hall–Kier alpha value is -0.710. The van der Waals surface area contributed by atoms with Crippen molar-refractivity contribution in [2.75, 3.05) is 12.2 Å². The molecule has 2 aliphatic rings. The molecule has 2 unspecified atom stereocenters. The molecule has 1 aliphatic heterocycles. The van der Waals surface area contributed by atoms with E-state index in [-0.39, 0.29) is 17.3 Å². The SMILES string of the molecule is CSCOC(=O)C12CCCC1C(C(C)(C)C)=NO2. The third kappa shape index (κ3) is 2.13. The number of rotatable bonds is 3. The van der Waals surface area contributed by atoms with Gasteiger partial charge in [-0.3, -0.25) is 0 Å². The molecule has 1 aliphatic carbocycles. The fourth-order valence-electron chi connectivity index (χ4n) is 2.81. The zero-order chi connectivity index (χ0) is 13.4. The number of thioether (sulfide) groups is 1. The van der Waals surface area contributed by atoms with Crippen molar-refractivity contribution < 1.29 is 14.4 Å². The quantitative estimate of drug-likeness (QED) is 0.585. The predicted octanol–water partition coefficient (Wildman–Crippen LogP) is 2.82. The Balaban J connectivity index is 2.18. The lowest BCUT2D eigenvalue weighted by molar-refractivity contribution is -0.169. The van der Waals surface area contributed by atoms with Gasteiger partial charge in [-0.05, 0) is 19.1 Å². The number of carbonyl (C=O) groups is 1. The maximum atomic E-state index is 12.2. The highest BCUT2D eigenvalue weighted by atomic mass is 32.2. The summed E-state index contributed by atoms with van der Waals surface area (Å²) in [6.07, 6.45) is 4.58. The molecule has 0 aromatic rings. The molecule has 0 saturated heterocycles. The average molecular weight is 271 g/mol. The highest BCUT2D eigenvalue weighted by molar-refractivity contribution is 7.98. The smallest absolute Gasteiger partial charge is 0.354 e. The van der Waals surface area contributed by atoms with Gasteiger partial charge >= 0.3 is 5.97 Å². The highest BCUT2D eigenvalue weighted by Gasteiger charge is 2.60. The summed E-state index contributed by atoms with van der Waals surface area (Å²) in [5.74, 6) is 0.218. The molecule has 1 fully saturated rings. The van der Waals surface area contributed by atoms with Crippen LogP contribution in [0.4, 0.5) is 0 Å². The first kappa shape index (κ1) is 13.7. The first-order valence-corrected chi connectivity index (χ1v) is 7.74. The van der Waals surface area contributed by atoms with Crippen molar-refractivity contribution in [3.8, 4) is 0 Å². The number of nitrogens with zero attached hydrogens (tertiary/aromatic N) is 1. The molecular weight excluding hydrogens is 250 g/mol. The minimum absolute atomic E-state index is 0.0590. The summed E-state index contributed by atoms with van der Waals surface area (Å²) in [6.45, 7) is 6.32. The van der Waals surface area contributed by atoms with Gasteiger partial charge in [-0.15, -0.1) is 11.8 Å². The van der Waals surface area contributed by atoms with Crippen molar-refractivity contribution in [3.63, 3.8) is 0 Å². The summed E-state index contributed by atoms with van der Waals surface area (Å²) < 4.78 is 5.27. The molecule has 4 nitrogen and oxygen atoms in total. The van der Waals surface area contributed by atoms with E-state index in [0.717, 1.165) is 18.6 Å². The predicted molar refractivity (Wildman–Crippen MR) is 72.5 cm³/mol. The van der Waals surface area contributed by atoms with E-state index >= 15 is 0 Å². The number of hydrogen-bond acceptors (Lipinski definition) is 5. The normalized spacial score (nSPS) is 30.7. The Morgan fingerprint density at radius 3 is 2.94 bits per heavy atom. The Labute approximate surface area is 112 Å². The second kappa shape index (κ2) is 4.76. The van der Waals surface area contributed by atoms with Crippen LogP contribution >= 0.6 is 11.8 Å². The van der Waals surface area contributed by atoms with Gasteiger partial charge in [0, 0.05) is 11.8 Å². The summed E-state index contributed by atoms with van der Waals surface area (Å²) in [4.78, 5) is 17.8. The molecule has 0 N–H and O–H groups in total. The lowest BCUT2D eigenvalue weighted by Crippen LogP contribution is -2.45. The monoisotopic (exact) mass is 271 g/mol. The van der Waals surface area contributed by atoms with E-state index in [9.17, 15) is 4.79 Å². The van der Waals surface area contributed by atoms with E-state index in [1.54, 1.807) is 0 Å². The lowest BCUT2D eigenvalue weighted by atomic mass is 9.76. The van der Waals surface area contributed by atoms with Gasteiger partial charge < -0.3 is 9.57 Å². The second-order valence-corrected chi connectivity index (χ2v) is 6.80. The van der Waals surface area contributed by atoms with Crippen molar-refractivity contribution in [2.45, 2.75) is 45.6 Å².